The molecule has 112 valence electrons. The monoisotopic (exact) mass is 301 g/mol. The number of amides is 1. The lowest BCUT2D eigenvalue weighted by atomic mass is 10.2. The Morgan fingerprint density at radius 3 is 2.55 bits per heavy atom. The molecule has 1 aromatic rings. The summed E-state index contributed by atoms with van der Waals surface area (Å²) in [5, 5.41) is 2.84. The highest BCUT2D eigenvalue weighted by Gasteiger charge is 2.10. The number of hydrogen-bond acceptors (Lipinski definition) is 3. The fourth-order valence-corrected chi connectivity index (χ4v) is 2.03. The van der Waals surface area contributed by atoms with Gasteiger partial charge in [0.25, 0.3) is 5.91 Å². The van der Waals surface area contributed by atoms with Crippen LogP contribution in [0.25, 0.3) is 0 Å². The van der Waals surface area contributed by atoms with Crippen LogP contribution in [0.5, 0.6) is 0 Å². The zero-order chi connectivity index (χ0) is 13.5. The lowest BCUT2D eigenvalue weighted by Gasteiger charge is -2.26. The summed E-state index contributed by atoms with van der Waals surface area (Å²) in [5.74, 6) is -0.481. The maximum Gasteiger partial charge on any atom is 0.251 e. The Balaban J connectivity index is 0.00000200. The second kappa shape index (κ2) is 8.89. The molecule has 2 rings (SSSR count). The summed E-state index contributed by atoms with van der Waals surface area (Å²) in [7, 11) is 0. The van der Waals surface area contributed by atoms with Crippen LogP contribution in [0.4, 0.5) is 4.39 Å². The summed E-state index contributed by atoms with van der Waals surface area (Å²) >= 11 is 0. The molecule has 0 saturated carbocycles. The molecule has 0 unspecified atom stereocenters. The number of rotatable bonds is 5. The first-order valence-corrected chi connectivity index (χ1v) is 6.59. The van der Waals surface area contributed by atoms with Gasteiger partial charge >= 0.3 is 0 Å². The van der Waals surface area contributed by atoms with Crippen LogP contribution in [0.3, 0.4) is 0 Å². The normalized spacial score (nSPS) is 15.4. The van der Waals surface area contributed by atoms with Crippen molar-refractivity contribution in [2.45, 2.75) is 6.42 Å². The first kappa shape index (κ1) is 16.9. The number of halogens is 2. The predicted molar refractivity (Wildman–Crippen MR) is 70.6 cm³/mol. The minimum atomic E-state index is -0.330. The molecule has 0 aliphatic carbocycles. The van der Waals surface area contributed by atoms with Crippen molar-refractivity contribution in [1.29, 1.82) is 0 Å². The number of hydrogen-bond donors (Lipinski definition) is 1. The molecule has 0 bridgehead atoms. The van der Waals surface area contributed by atoms with Crippen molar-refractivity contribution in [3.63, 3.8) is 0 Å². The molecule has 0 atom stereocenters. The highest BCUT2D eigenvalue weighted by molar-refractivity contribution is 5.94. The van der Waals surface area contributed by atoms with Crippen LogP contribution < -0.4 is 17.7 Å². The molecule has 1 heterocycles. The third-order valence-electron chi connectivity index (χ3n) is 3.15. The molecule has 6 heteroatoms. The molecular formula is C14H19ClFN2O2-. The highest BCUT2D eigenvalue weighted by Crippen LogP contribution is 2.02. The van der Waals surface area contributed by atoms with E-state index >= 15 is 0 Å². The molecule has 0 spiro atoms. The van der Waals surface area contributed by atoms with Gasteiger partial charge in [0.05, 0.1) is 13.2 Å². The standard InChI is InChI=1S/C14H19FN2O2.ClH/c15-13-4-2-12(3-5-13)14(18)16-6-1-7-17-8-10-19-11-9-17;/h2-5H,1,6-11H2,(H,16,18);1H/p-1. The summed E-state index contributed by atoms with van der Waals surface area (Å²) in [6.07, 6.45) is 0.910. The van der Waals surface area contributed by atoms with Crippen LogP contribution in [0, 0.1) is 5.82 Å². The number of nitrogens with one attached hydrogen (secondary N) is 1. The minimum absolute atomic E-state index is 0. The molecule has 1 aliphatic rings. The Bertz CT molecular complexity index is 408. The van der Waals surface area contributed by atoms with Gasteiger partial charge in [-0.05, 0) is 37.2 Å². The lowest BCUT2D eigenvalue weighted by molar-refractivity contribution is -0.0000141. The third kappa shape index (κ3) is 5.45. The first-order chi connectivity index (χ1) is 9.25. The molecule has 4 nitrogen and oxygen atoms in total. The number of carbonyl (C=O) groups is 1. The van der Waals surface area contributed by atoms with E-state index in [2.05, 4.69) is 10.2 Å². The zero-order valence-electron chi connectivity index (χ0n) is 11.3. The third-order valence-corrected chi connectivity index (χ3v) is 3.15. The van der Waals surface area contributed by atoms with Gasteiger partial charge in [-0.2, -0.15) is 0 Å². The number of morpholine rings is 1. The van der Waals surface area contributed by atoms with Crippen LogP contribution in [0.2, 0.25) is 0 Å². The summed E-state index contributed by atoms with van der Waals surface area (Å²) in [5.41, 5.74) is 0.493. The fourth-order valence-electron chi connectivity index (χ4n) is 2.03. The second-order valence-corrected chi connectivity index (χ2v) is 4.57. The predicted octanol–water partition coefficient (Wildman–Crippen LogP) is -1.72. The summed E-state index contributed by atoms with van der Waals surface area (Å²) in [6, 6.07) is 5.57. The van der Waals surface area contributed by atoms with E-state index in [9.17, 15) is 9.18 Å². The Hall–Kier alpha value is -1.17. The van der Waals surface area contributed by atoms with Gasteiger partial charge in [0.15, 0.2) is 0 Å². The van der Waals surface area contributed by atoms with Crippen molar-refractivity contribution in [2.75, 3.05) is 39.4 Å². The maximum atomic E-state index is 12.7. The molecule has 1 fully saturated rings. The zero-order valence-corrected chi connectivity index (χ0v) is 12.0. The lowest BCUT2D eigenvalue weighted by Crippen LogP contribution is -3.00. The average molecular weight is 302 g/mol. The van der Waals surface area contributed by atoms with Gasteiger partial charge in [-0.25, -0.2) is 4.39 Å². The van der Waals surface area contributed by atoms with E-state index in [1.807, 2.05) is 0 Å². The summed E-state index contributed by atoms with van der Waals surface area (Å²) in [6.45, 7) is 5.11. The van der Waals surface area contributed by atoms with Crippen LogP contribution in [0.15, 0.2) is 24.3 Å². The summed E-state index contributed by atoms with van der Waals surface area (Å²) < 4.78 is 18.0. The van der Waals surface area contributed by atoms with E-state index < -0.39 is 0 Å². The van der Waals surface area contributed by atoms with Gasteiger partial charge in [-0.1, -0.05) is 0 Å². The largest absolute Gasteiger partial charge is 1.00 e. The van der Waals surface area contributed by atoms with Gasteiger partial charge in [-0.3, -0.25) is 9.69 Å². The van der Waals surface area contributed by atoms with Gasteiger partial charge in [0, 0.05) is 25.2 Å². The van der Waals surface area contributed by atoms with Crippen LogP contribution in [-0.4, -0.2) is 50.2 Å². The van der Waals surface area contributed by atoms with Crippen LogP contribution >= 0.6 is 0 Å². The van der Waals surface area contributed by atoms with Gasteiger partial charge in [0.2, 0.25) is 0 Å². The smallest absolute Gasteiger partial charge is 0.251 e. The highest BCUT2D eigenvalue weighted by atomic mass is 35.5. The Labute approximate surface area is 124 Å². The molecule has 1 N–H and O–H groups in total. The molecule has 1 aliphatic heterocycles. The molecule has 20 heavy (non-hydrogen) atoms. The quantitative estimate of drug-likeness (QED) is 0.658. The van der Waals surface area contributed by atoms with E-state index in [-0.39, 0.29) is 24.1 Å². The van der Waals surface area contributed by atoms with E-state index in [0.717, 1.165) is 39.3 Å². The van der Waals surface area contributed by atoms with E-state index in [1.165, 1.54) is 24.3 Å². The molecular weight excluding hydrogens is 283 g/mol. The average Bonchev–Trinajstić information content (AvgIpc) is 2.45. The Kier molecular flexibility index (Phi) is 7.51. The molecule has 1 amide bonds. The van der Waals surface area contributed by atoms with Crippen molar-refractivity contribution >= 4 is 5.91 Å². The number of ether oxygens (including phenoxy) is 1. The maximum absolute atomic E-state index is 12.7. The Morgan fingerprint density at radius 1 is 1.25 bits per heavy atom. The number of carbonyl (C=O) groups excluding carboxylic acids is 1. The van der Waals surface area contributed by atoms with Crippen molar-refractivity contribution in [3.05, 3.63) is 35.6 Å². The van der Waals surface area contributed by atoms with Gasteiger partial charge < -0.3 is 22.5 Å². The van der Waals surface area contributed by atoms with E-state index in [0.29, 0.717) is 12.1 Å². The van der Waals surface area contributed by atoms with Crippen molar-refractivity contribution in [3.8, 4) is 0 Å². The molecule has 0 radical (unpaired) electrons. The summed E-state index contributed by atoms with van der Waals surface area (Å²) in [4.78, 5) is 14.1. The van der Waals surface area contributed by atoms with Crippen molar-refractivity contribution in [2.24, 2.45) is 0 Å². The van der Waals surface area contributed by atoms with E-state index in [1.54, 1.807) is 0 Å². The van der Waals surface area contributed by atoms with Gasteiger partial charge in [-0.15, -0.1) is 0 Å². The van der Waals surface area contributed by atoms with E-state index in [4.69, 9.17) is 4.74 Å². The molecule has 1 aromatic carbocycles. The van der Waals surface area contributed by atoms with Crippen LogP contribution in [-0.2, 0) is 4.74 Å². The molecule has 1 saturated heterocycles. The molecule has 0 aromatic heterocycles. The van der Waals surface area contributed by atoms with Gasteiger partial charge in [0.1, 0.15) is 5.82 Å². The van der Waals surface area contributed by atoms with Crippen LogP contribution in [0.1, 0.15) is 16.8 Å². The van der Waals surface area contributed by atoms with Crippen molar-refractivity contribution < 1.29 is 26.3 Å². The van der Waals surface area contributed by atoms with Crippen molar-refractivity contribution in [1.82, 2.24) is 10.2 Å². The second-order valence-electron chi connectivity index (χ2n) is 4.57. The number of nitrogens with zero attached hydrogens (tertiary/aromatic N) is 1. The first-order valence-electron chi connectivity index (χ1n) is 6.59. The Morgan fingerprint density at radius 2 is 1.90 bits per heavy atom. The SMILES string of the molecule is O=C(NCCCN1CCOCC1)c1ccc(F)cc1.[Cl-]. The number of benzene rings is 1. The fraction of sp³-hybridized carbons (Fsp3) is 0.500. The minimum Gasteiger partial charge on any atom is -1.00 e. The topological polar surface area (TPSA) is 41.6 Å².